The van der Waals surface area contributed by atoms with Crippen molar-refractivity contribution >= 4 is 45.0 Å². The van der Waals surface area contributed by atoms with Crippen LogP contribution in [0.15, 0.2) is 70.9 Å². The summed E-state index contributed by atoms with van der Waals surface area (Å²) in [5, 5.41) is 25.0. The number of pyridine rings is 2. The van der Waals surface area contributed by atoms with Gasteiger partial charge in [-0.3, -0.25) is 14.9 Å². The zero-order valence-electron chi connectivity index (χ0n) is 24.6. The Balaban J connectivity index is 1.40. The molecule has 42 heavy (non-hydrogen) atoms. The summed E-state index contributed by atoms with van der Waals surface area (Å²) in [7, 11) is 0. The summed E-state index contributed by atoms with van der Waals surface area (Å²) in [4.78, 5) is 12.2. The minimum Gasteiger partial charge on any atom is -0.428 e. The fourth-order valence-corrected chi connectivity index (χ4v) is 5.66. The Bertz CT molecular complexity index is 1470. The molecule has 0 amide bonds. The smallest absolute Gasteiger partial charge is 0.0901 e. The van der Waals surface area contributed by atoms with E-state index in [4.69, 9.17) is 33.2 Å². The first-order chi connectivity index (χ1) is 20.5. The van der Waals surface area contributed by atoms with Crippen molar-refractivity contribution in [3.05, 3.63) is 81.7 Å². The van der Waals surface area contributed by atoms with Gasteiger partial charge in [0, 0.05) is 46.3 Å². The van der Waals surface area contributed by atoms with Crippen molar-refractivity contribution in [2.45, 2.75) is 64.7 Å². The molecule has 2 aromatic carbocycles. The second kappa shape index (κ2) is 16.6. The van der Waals surface area contributed by atoms with Crippen molar-refractivity contribution in [3.8, 4) is 0 Å². The molecule has 7 nitrogen and oxygen atoms in total. The molecule has 226 valence electrons. The highest BCUT2D eigenvalue weighted by Crippen LogP contribution is 2.17. The highest BCUT2D eigenvalue weighted by Gasteiger charge is 2.07. The third kappa shape index (κ3) is 9.25. The van der Waals surface area contributed by atoms with E-state index in [2.05, 4.69) is 11.8 Å². The van der Waals surface area contributed by atoms with E-state index in [-0.39, 0.29) is 0 Å². The lowest BCUT2D eigenvalue weighted by molar-refractivity contribution is 0.197. The van der Waals surface area contributed by atoms with Gasteiger partial charge in [-0.15, -0.1) is 0 Å². The van der Waals surface area contributed by atoms with Gasteiger partial charge in [0.15, 0.2) is 0 Å². The molecule has 2 aromatic heterocycles. The van der Waals surface area contributed by atoms with E-state index in [1.54, 1.807) is 24.5 Å². The standard InChI is InChI=1S/C33H43Cl2N5O2/c1-2-3-4-5-6-7-8-9-10-19-38(22-17-36-30-15-20-39(41)32-24-26(34)11-13-28(30)32)23-18-37-31-16-21-40(42)33-25-27(35)12-14-29(31)33/h11-16,20-21,24-25,41-42H,2-10,17-19,22-23H2,1H3. The summed E-state index contributed by atoms with van der Waals surface area (Å²) in [6.07, 6.45) is 14.9. The Morgan fingerprint density at radius 2 is 1.07 bits per heavy atom. The Morgan fingerprint density at radius 1 is 0.619 bits per heavy atom. The molecular weight excluding hydrogens is 569 g/mol. The van der Waals surface area contributed by atoms with E-state index < -0.39 is 0 Å². The number of hydrogen-bond acceptors (Lipinski definition) is 5. The van der Waals surface area contributed by atoms with Crippen LogP contribution in [-0.4, -0.2) is 57.5 Å². The molecule has 2 heterocycles. The first kappa shape index (κ1) is 31.9. The fourth-order valence-electron chi connectivity index (χ4n) is 5.33. The third-order valence-electron chi connectivity index (χ3n) is 7.69. The van der Waals surface area contributed by atoms with Crippen LogP contribution in [0.1, 0.15) is 64.7 Å². The quantitative estimate of drug-likeness (QED) is 0.101. The maximum atomic E-state index is 10.2. The van der Waals surface area contributed by atoms with Gasteiger partial charge in [-0.2, -0.15) is 9.46 Å². The highest BCUT2D eigenvalue weighted by atomic mass is 35.5. The van der Waals surface area contributed by atoms with E-state index in [1.807, 2.05) is 36.4 Å². The zero-order valence-corrected chi connectivity index (χ0v) is 26.1. The predicted octanol–water partition coefficient (Wildman–Crippen LogP) is 7.71. The van der Waals surface area contributed by atoms with Crippen LogP contribution in [0.25, 0.3) is 21.8 Å². The van der Waals surface area contributed by atoms with Gasteiger partial charge < -0.3 is 10.4 Å². The molecular formula is C33H43Cl2N5O2. The minimum atomic E-state index is 0.571. The Labute approximate surface area is 258 Å². The predicted molar refractivity (Wildman–Crippen MR) is 173 cm³/mol. The van der Waals surface area contributed by atoms with Crippen molar-refractivity contribution in [2.75, 3.05) is 32.7 Å². The van der Waals surface area contributed by atoms with Crippen LogP contribution in [0.5, 0.6) is 0 Å². The van der Waals surface area contributed by atoms with Gasteiger partial charge in [0.2, 0.25) is 0 Å². The lowest BCUT2D eigenvalue weighted by Gasteiger charge is -2.20. The third-order valence-corrected chi connectivity index (χ3v) is 8.16. The molecule has 0 aliphatic carbocycles. The maximum Gasteiger partial charge on any atom is 0.0901 e. The highest BCUT2D eigenvalue weighted by molar-refractivity contribution is 6.31. The molecule has 0 saturated heterocycles. The van der Waals surface area contributed by atoms with Gasteiger partial charge in [-0.25, -0.2) is 0 Å². The monoisotopic (exact) mass is 611 g/mol. The van der Waals surface area contributed by atoms with Crippen LogP contribution < -0.4 is 10.7 Å². The molecule has 4 aromatic rings. The number of benzene rings is 2. The average molecular weight is 613 g/mol. The SMILES string of the molecule is CCCCCCCCCCCN(CCN=c1ccn(O)c2cc(Cl)ccc12)CCN=c1ccn(O)c2cc(Cl)ccc12. The van der Waals surface area contributed by atoms with Crippen molar-refractivity contribution in [2.24, 2.45) is 9.98 Å². The number of aromatic nitrogens is 2. The summed E-state index contributed by atoms with van der Waals surface area (Å²) >= 11 is 12.3. The van der Waals surface area contributed by atoms with Gasteiger partial charge in [-0.1, -0.05) is 81.5 Å². The van der Waals surface area contributed by atoms with Crippen molar-refractivity contribution in [3.63, 3.8) is 0 Å². The summed E-state index contributed by atoms with van der Waals surface area (Å²) in [6.45, 7) is 6.18. The fraction of sp³-hybridized carbons (Fsp3) is 0.455. The summed E-state index contributed by atoms with van der Waals surface area (Å²) < 4.78 is 2.16. The van der Waals surface area contributed by atoms with Gasteiger partial charge in [0.1, 0.15) is 0 Å². The molecule has 0 saturated carbocycles. The van der Waals surface area contributed by atoms with E-state index in [0.717, 1.165) is 57.0 Å². The van der Waals surface area contributed by atoms with Crippen molar-refractivity contribution in [1.82, 2.24) is 14.4 Å². The molecule has 0 bridgehead atoms. The summed E-state index contributed by atoms with van der Waals surface area (Å²) in [5.41, 5.74) is 1.27. The van der Waals surface area contributed by atoms with Crippen LogP contribution in [0.3, 0.4) is 0 Å². The number of rotatable bonds is 16. The number of unbranched alkanes of at least 4 members (excludes halogenated alkanes) is 8. The number of nitrogens with zero attached hydrogens (tertiary/aromatic N) is 5. The van der Waals surface area contributed by atoms with Crippen LogP contribution >= 0.6 is 23.2 Å². The zero-order chi connectivity index (χ0) is 29.7. The second-order valence-electron chi connectivity index (χ2n) is 10.8. The Kier molecular flexibility index (Phi) is 12.6. The largest absolute Gasteiger partial charge is 0.428 e. The maximum absolute atomic E-state index is 10.2. The van der Waals surface area contributed by atoms with Crippen LogP contribution in [0, 0.1) is 0 Å². The van der Waals surface area contributed by atoms with Gasteiger partial charge in [-0.05, 0) is 61.5 Å². The molecule has 0 aliphatic heterocycles. The Hall–Kier alpha value is -3.00. The van der Waals surface area contributed by atoms with E-state index in [9.17, 15) is 10.4 Å². The first-order valence-electron chi connectivity index (χ1n) is 15.2. The topological polar surface area (TPSA) is 78.3 Å². The van der Waals surface area contributed by atoms with E-state index in [0.29, 0.717) is 34.2 Å². The normalized spacial score (nSPS) is 12.8. The molecule has 2 N–H and O–H groups in total. The molecule has 4 rings (SSSR count). The molecule has 0 fully saturated rings. The van der Waals surface area contributed by atoms with Gasteiger partial charge in [0.05, 0.1) is 34.8 Å². The molecule has 0 radical (unpaired) electrons. The Morgan fingerprint density at radius 3 is 1.55 bits per heavy atom. The molecule has 0 spiro atoms. The van der Waals surface area contributed by atoms with Crippen LogP contribution in [0.2, 0.25) is 10.0 Å². The number of fused-ring (bicyclic) bond motifs is 2. The molecule has 0 atom stereocenters. The lowest BCUT2D eigenvalue weighted by atomic mass is 10.1. The average Bonchev–Trinajstić information content (AvgIpc) is 2.98. The van der Waals surface area contributed by atoms with Gasteiger partial charge in [0.25, 0.3) is 0 Å². The first-order valence-corrected chi connectivity index (χ1v) is 16.0. The number of halogens is 2. The van der Waals surface area contributed by atoms with Gasteiger partial charge >= 0.3 is 0 Å². The summed E-state index contributed by atoms with van der Waals surface area (Å²) in [5.74, 6) is 0. The van der Waals surface area contributed by atoms with Crippen LogP contribution in [-0.2, 0) is 0 Å². The molecule has 0 unspecified atom stereocenters. The second-order valence-corrected chi connectivity index (χ2v) is 11.7. The van der Waals surface area contributed by atoms with E-state index in [1.165, 1.54) is 51.4 Å². The van der Waals surface area contributed by atoms with Crippen LogP contribution in [0.4, 0.5) is 0 Å². The van der Waals surface area contributed by atoms with Crippen molar-refractivity contribution in [1.29, 1.82) is 0 Å². The lowest BCUT2D eigenvalue weighted by Crippen LogP contribution is -2.31. The molecule has 9 heteroatoms. The van der Waals surface area contributed by atoms with E-state index >= 15 is 0 Å². The summed E-state index contributed by atoms with van der Waals surface area (Å²) in [6, 6.07) is 14.6. The van der Waals surface area contributed by atoms with Crippen molar-refractivity contribution < 1.29 is 10.4 Å². The molecule has 0 aliphatic rings. The minimum absolute atomic E-state index is 0.571. The number of hydrogen-bond donors (Lipinski definition) is 2.